The van der Waals surface area contributed by atoms with E-state index in [-0.39, 0.29) is 5.04 Å². The van der Waals surface area contributed by atoms with Gasteiger partial charge >= 0.3 is 0 Å². The van der Waals surface area contributed by atoms with Gasteiger partial charge < -0.3 is 4.43 Å². The first kappa shape index (κ1) is 18.0. The highest BCUT2D eigenvalue weighted by Crippen LogP contribution is 2.37. The normalized spacial score (nSPS) is 17.0. The van der Waals surface area contributed by atoms with Crippen molar-refractivity contribution in [1.29, 1.82) is 0 Å². The Hall–Kier alpha value is -1.33. The lowest BCUT2D eigenvalue weighted by atomic mass is 9.95. The van der Waals surface area contributed by atoms with Gasteiger partial charge in [0.2, 0.25) is 0 Å². The lowest BCUT2D eigenvalue weighted by Gasteiger charge is -2.36. The fourth-order valence-electron chi connectivity index (χ4n) is 1.94. The van der Waals surface area contributed by atoms with Gasteiger partial charge in [-0.3, -0.25) is 4.98 Å². The van der Waals surface area contributed by atoms with Gasteiger partial charge in [-0.25, -0.2) is 8.78 Å². The molecule has 0 N–H and O–H groups in total. The minimum Gasteiger partial charge on any atom is -0.413 e. The van der Waals surface area contributed by atoms with Gasteiger partial charge in [-0.2, -0.15) is 0 Å². The second-order valence-electron chi connectivity index (χ2n) is 7.37. The summed E-state index contributed by atoms with van der Waals surface area (Å²) in [5.41, 5.74) is 1.65. The molecule has 0 saturated carbocycles. The lowest BCUT2D eigenvalue weighted by molar-refractivity contribution is 0.276. The maximum atomic E-state index is 13.3. The fourth-order valence-corrected chi connectivity index (χ4v) is 2.90. The van der Waals surface area contributed by atoms with E-state index in [0.717, 1.165) is 5.56 Å². The fraction of sp³-hybridized carbons (Fsp3) is 0.444. The molecule has 1 aromatic rings. The first-order chi connectivity index (χ1) is 10.6. The van der Waals surface area contributed by atoms with E-state index in [9.17, 15) is 8.78 Å². The summed E-state index contributed by atoms with van der Waals surface area (Å²) in [5.74, 6) is -0.952. The first-order valence-electron chi connectivity index (χ1n) is 7.78. The van der Waals surface area contributed by atoms with E-state index in [2.05, 4.69) is 38.8 Å². The second-order valence-corrected chi connectivity index (χ2v) is 12.2. The van der Waals surface area contributed by atoms with E-state index in [1.807, 2.05) is 12.1 Å². The molecule has 0 bridgehead atoms. The number of hydrogen-bond acceptors (Lipinski definition) is 2. The van der Waals surface area contributed by atoms with Gasteiger partial charge in [0.1, 0.15) is 0 Å². The van der Waals surface area contributed by atoms with Crippen molar-refractivity contribution in [3.05, 3.63) is 59.3 Å². The Morgan fingerprint density at radius 1 is 1.17 bits per heavy atom. The van der Waals surface area contributed by atoms with Crippen LogP contribution in [0.15, 0.2) is 42.1 Å². The van der Waals surface area contributed by atoms with Crippen molar-refractivity contribution in [1.82, 2.24) is 4.98 Å². The highest BCUT2D eigenvalue weighted by atomic mass is 28.4. The molecule has 0 aromatic carbocycles. The molecule has 0 fully saturated rings. The molecule has 1 aliphatic carbocycles. The minimum atomic E-state index is -1.79. The molecule has 0 unspecified atom stereocenters. The van der Waals surface area contributed by atoms with Crippen LogP contribution in [0.4, 0.5) is 8.78 Å². The number of halogens is 2. The largest absolute Gasteiger partial charge is 0.413 e. The van der Waals surface area contributed by atoms with Crippen LogP contribution in [0.1, 0.15) is 38.4 Å². The topological polar surface area (TPSA) is 22.1 Å². The third kappa shape index (κ3) is 4.35. The van der Waals surface area contributed by atoms with Gasteiger partial charge in [0.25, 0.3) is 0 Å². The van der Waals surface area contributed by atoms with Gasteiger partial charge in [-0.15, -0.1) is 0 Å². The Balaban J connectivity index is 2.01. The molecule has 1 heterocycles. The number of pyridine rings is 1. The Kier molecular flexibility index (Phi) is 5.21. The Labute approximate surface area is 138 Å². The van der Waals surface area contributed by atoms with Gasteiger partial charge in [0.05, 0.1) is 18.2 Å². The highest BCUT2D eigenvalue weighted by molar-refractivity contribution is 6.74. The lowest BCUT2D eigenvalue weighted by Crippen LogP contribution is -2.40. The van der Waals surface area contributed by atoms with Crippen LogP contribution < -0.4 is 0 Å². The first-order valence-corrected chi connectivity index (χ1v) is 10.7. The van der Waals surface area contributed by atoms with Gasteiger partial charge in [0.15, 0.2) is 20.0 Å². The Bertz CT molecular complexity index is 615. The van der Waals surface area contributed by atoms with Crippen LogP contribution >= 0.6 is 0 Å². The summed E-state index contributed by atoms with van der Waals surface area (Å²) in [7, 11) is -1.79. The van der Waals surface area contributed by atoms with Crippen LogP contribution in [-0.2, 0) is 11.0 Å². The van der Waals surface area contributed by atoms with E-state index in [4.69, 9.17) is 4.43 Å². The molecule has 0 atom stereocenters. The standard InChI is InChI=1S/C18H24F2NOSi/c1-18(2,3)23(4,5)22-12-13-6-9-17(21-11-13)14-7-8-15(19)16(20)10-14/h6,8-11H,7,12H2,1-5H3. The monoisotopic (exact) mass is 336 g/mol. The van der Waals surface area contributed by atoms with Gasteiger partial charge in [0, 0.05) is 6.20 Å². The van der Waals surface area contributed by atoms with Crippen LogP contribution in [0.3, 0.4) is 0 Å². The molecule has 2 nitrogen and oxygen atoms in total. The molecule has 0 aliphatic heterocycles. The molecule has 1 aliphatic rings. The van der Waals surface area contributed by atoms with Crippen LogP contribution in [-0.4, -0.2) is 13.3 Å². The predicted octanol–water partition coefficient (Wildman–Crippen LogP) is 5.64. The smallest absolute Gasteiger partial charge is 0.192 e. The average molecular weight is 336 g/mol. The summed E-state index contributed by atoms with van der Waals surface area (Å²) in [6.07, 6.45) is 4.55. The van der Waals surface area contributed by atoms with E-state index in [0.29, 0.717) is 24.6 Å². The zero-order valence-corrected chi connectivity index (χ0v) is 15.4. The molecule has 0 saturated heterocycles. The van der Waals surface area contributed by atoms with E-state index in [1.165, 1.54) is 12.2 Å². The third-order valence-electron chi connectivity index (χ3n) is 4.59. The van der Waals surface area contributed by atoms with Crippen molar-refractivity contribution in [3.63, 3.8) is 0 Å². The quantitative estimate of drug-likeness (QED) is 0.664. The van der Waals surface area contributed by atoms with Crippen LogP contribution in [0.2, 0.25) is 18.1 Å². The van der Waals surface area contributed by atoms with Crippen molar-refractivity contribution < 1.29 is 13.2 Å². The zero-order chi connectivity index (χ0) is 17.3. The molecule has 2 rings (SSSR count). The summed E-state index contributed by atoms with van der Waals surface area (Å²) < 4.78 is 32.5. The maximum absolute atomic E-state index is 13.3. The van der Waals surface area contributed by atoms with Crippen molar-refractivity contribution in [3.8, 4) is 0 Å². The molecule has 5 heteroatoms. The van der Waals surface area contributed by atoms with E-state index >= 15 is 0 Å². The molecule has 1 aromatic heterocycles. The number of hydrogen-bond donors (Lipinski definition) is 0. The number of aromatic nitrogens is 1. The Morgan fingerprint density at radius 3 is 2.39 bits per heavy atom. The molecular formula is C18H24F2NOSi. The summed E-state index contributed by atoms with van der Waals surface area (Å²) in [5, 5.41) is 0.164. The van der Waals surface area contributed by atoms with Gasteiger partial charge in [-0.1, -0.05) is 26.8 Å². The molecule has 23 heavy (non-hydrogen) atoms. The van der Waals surface area contributed by atoms with Gasteiger partial charge in [-0.05, 0) is 48.3 Å². The summed E-state index contributed by atoms with van der Waals surface area (Å²) in [6.45, 7) is 11.6. The van der Waals surface area contributed by atoms with Crippen molar-refractivity contribution in [2.75, 3.05) is 0 Å². The SMILES string of the molecule is CC(C)(C)[Si](C)(C)OCc1ccc([C]2C=C(F)C(F)=CC2)nc1. The summed E-state index contributed by atoms with van der Waals surface area (Å²) in [4.78, 5) is 4.36. The summed E-state index contributed by atoms with van der Waals surface area (Å²) >= 11 is 0. The maximum Gasteiger partial charge on any atom is 0.192 e. The summed E-state index contributed by atoms with van der Waals surface area (Å²) in [6, 6.07) is 3.77. The van der Waals surface area contributed by atoms with Crippen molar-refractivity contribution in [2.24, 2.45) is 0 Å². The van der Waals surface area contributed by atoms with Crippen LogP contribution in [0, 0.1) is 5.92 Å². The number of nitrogens with zero attached hydrogens (tertiary/aromatic N) is 1. The van der Waals surface area contributed by atoms with E-state index in [1.54, 1.807) is 6.20 Å². The average Bonchev–Trinajstić information content (AvgIpc) is 2.47. The van der Waals surface area contributed by atoms with Crippen LogP contribution in [0.25, 0.3) is 0 Å². The molecule has 0 amide bonds. The number of allylic oxidation sites excluding steroid dienone is 4. The molecule has 0 spiro atoms. The van der Waals surface area contributed by atoms with E-state index < -0.39 is 20.0 Å². The van der Waals surface area contributed by atoms with Crippen molar-refractivity contribution >= 4 is 8.32 Å². The highest BCUT2D eigenvalue weighted by Gasteiger charge is 2.37. The predicted molar refractivity (Wildman–Crippen MR) is 91.6 cm³/mol. The Morgan fingerprint density at radius 2 is 1.87 bits per heavy atom. The minimum absolute atomic E-state index is 0.164. The molecular weight excluding hydrogens is 312 g/mol. The van der Waals surface area contributed by atoms with Crippen LogP contribution in [0.5, 0.6) is 0 Å². The third-order valence-corrected chi connectivity index (χ3v) is 9.07. The van der Waals surface area contributed by atoms with Crippen molar-refractivity contribution in [2.45, 2.75) is 51.9 Å². The molecule has 125 valence electrons. The zero-order valence-electron chi connectivity index (χ0n) is 14.4. The molecule has 1 radical (unpaired) electrons. The number of rotatable bonds is 4. The second kappa shape index (κ2) is 6.65.